The van der Waals surface area contributed by atoms with Gasteiger partial charge in [-0.15, -0.1) is 0 Å². The number of ether oxygens (including phenoxy) is 1. The number of hydrogen-bond acceptors (Lipinski definition) is 3. The SMILES string of the molecule is CC/C(=C\c1ccccc1)C(=O)N(C)CC(O)c1ccc(OC)cc1. The van der Waals surface area contributed by atoms with Crippen LogP contribution in [0, 0.1) is 0 Å². The maximum absolute atomic E-state index is 12.7. The monoisotopic (exact) mass is 339 g/mol. The molecule has 0 spiro atoms. The number of nitrogens with zero attached hydrogens (tertiary/aromatic N) is 1. The van der Waals surface area contributed by atoms with Crippen LogP contribution in [0.15, 0.2) is 60.2 Å². The van der Waals surface area contributed by atoms with Crippen LogP contribution in [-0.4, -0.2) is 36.6 Å². The zero-order valence-electron chi connectivity index (χ0n) is 15.0. The quantitative estimate of drug-likeness (QED) is 0.783. The second-order valence-corrected chi connectivity index (χ2v) is 5.91. The molecule has 1 amide bonds. The Labute approximate surface area is 149 Å². The number of methoxy groups -OCH3 is 1. The molecule has 0 aliphatic carbocycles. The molecule has 0 bridgehead atoms. The maximum atomic E-state index is 12.7. The molecular formula is C21H25NO3. The van der Waals surface area contributed by atoms with Crippen molar-refractivity contribution >= 4 is 12.0 Å². The average Bonchev–Trinajstić information content (AvgIpc) is 2.66. The van der Waals surface area contributed by atoms with Crippen LogP contribution in [0.25, 0.3) is 6.08 Å². The normalized spacial score (nSPS) is 12.6. The van der Waals surface area contributed by atoms with Crippen molar-refractivity contribution in [3.63, 3.8) is 0 Å². The second-order valence-electron chi connectivity index (χ2n) is 5.91. The third-order valence-electron chi connectivity index (χ3n) is 4.09. The van der Waals surface area contributed by atoms with Crippen LogP contribution >= 0.6 is 0 Å². The molecule has 0 saturated heterocycles. The Hall–Kier alpha value is -2.59. The zero-order chi connectivity index (χ0) is 18.2. The van der Waals surface area contributed by atoms with Gasteiger partial charge in [0, 0.05) is 12.6 Å². The van der Waals surface area contributed by atoms with Crippen LogP contribution in [-0.2, 0) is 4.79 Å². The topological polar surface area (TPSA) is 49.8 Å². The lowest BCUT2D eigenvalue weighted by atomic mass is 10.1. The van der Waals surface area contributed by atoms with E-state index in [9.17, 15) is 9.90 Å². The molecule has 4 heteroatoms. The molecule has 0 aliphatic rings. The number of aliphatic hydroxyl groups excluding tert-OH is 1. The summed E-state index contributed by atoms with van der Waals surface area (Å²) in [7, 11) is 3.31. The number of amides is 1. The van der Waals surface area contributed by atoms with Crippen LogP contribution in [0.2, 0.25) is 0 Å². The van der Waals surface area contributed by atoms with Crippen molar-refractivity contribution in [1.29, 1.82) is 0 Å². The van der Waals surface area contributed by atoms with Gasteiger partial charge >= 0.3 is 0 Å². The molecule has 2 aromatic carbocycles. The van der Waals surface area contributed by atoms with E-state index in [4.69, 9.17) is 4.74 Å². The first-order valence-corrected chi connectivity index (χ1v) is 8.38. The van der Waals surface area contributed by atoms with Crippen molar-refractivity contribution in [2.75, 3.05) is 20.7 Å². The van der Waals surface area contributed by atoms with Gasteiger partial charge in [-0.3, -0.25) is 4.79 Å². The largest absolute Gasteiger partial charge is 0.497 e. The third kappa shape index (κ3) is 5.19. The van der Waals surface area contributed by atoms with Gasteiger partial charge in [-0.1, -0.05) is 49.4 Å². The highest BCUT2D eigenvalue weighted by atomic mass is 16.5. The average molecular weight is 339 g/mol. The van der Waals surface area contributed by atoms with E-state index in [1.165, 1.54) is 0 Å². The van der Waals surface area contributed by atoms with E-state index in [0.717, 1.165) is 22.4 Å². The van der Waals surface area contributed by atoms with Crippen LogP contribution in [0.1, 0.15) is 30.6 Å². The summed E-state index contributed by atoms with van der Waals surface area (Å²) in [6.07, 6.45) is 1.80. The van der Waals surface area contributed by atoms with E-state index < -0.39 is 6.10 Å². The van der Waals surface area contributed by atoms with E-state index in [-0.39, 0.29) is 12.5 Å². The van der Waals surface area contributed by atoms with E-state index in [0.29, 0.717) is 6.42 Å². The molecule has 1 atom stereocenters. The van der Waals surface area contributed by atoms with E-state index in [1.54, 1.807) is 31.2 Å². The van der Waals surface area contributed by atoms with Crippen molar-refractivity contribution in [2.45, 2.75) is 19.4 Å². The van der Waals surface area contributed by atoms with Gasteiger partial charge in [0.05, 0.1) is 19.8 Å². The third-order valence-corrected chi connectivity index (χ3v) is 4.09. The number of rotatable bonds is 7. The molecule has 0 aromatic heterocycles. The molecule has 2 rings (SSSR count). The van der Waals surface area contributed by atoms with Gasteiger partial charge in [0.2, 0.25) is 5.91 Å². The Bertz CT molecular complexity index is 708. The Morgan fingerprint density at radius 2 is 1.80 bits per heavy atom. The van der Waals surface area contributed by atoms with Crippen molar-refractivity contribution in [2.24, 2.45) is 0 Å². The summed E-state index contributed by atoms with van der Waals surface area (Å²) < 4.78 is 5.12. The van der Waals surface area contributed by atoms with E-state index >= 15 is 0 Å². The standard InChI is InChI=1S/C21H25NO3/c1-4-17(14-16-8-6-5-7-9-16)21(24)22(2)15-20(23)18-10-12-19(25-3)13-11-18/h5-14,20,23H,4,15H2,1-3H3/b17-14+. The smallest absolute Gasteiger partial charge is 0.249 e. The molecule has 1 unspecified atom stereocenters. The summed E-state index contributed by atoms with van der Waals surface area (Å²) in [5, 5.41) is 10.4. The van der Waals surface area contributed by atoms with Gasteiger partial charge in [0.1, 0.15) is 5.75 Å². The van der Waals surface area contributed by atoms with Crippen LogP contribution in [0.3, 0.4) is 0 Å². The van der Waals surface area contributed by atoms with E-state index in [1.807, 2.05) is 55.5 Å². The Morgan fingerprint density at radius 3 is 2.36 bits per heavy atom. The van der Waals surface area contributed by atoms with Gasteiger partial charge in [-0.25, -0.2) is 0 Å². The molecule has 0 saturated carbocycles. The number of likely N-dealkylation sites (N-methyl/N-ethyl adjacent to an activating group) is 1. The van der Waals surface area contributed by atoms with Crippen molar-refractivity contribution in [1.82, 2.24) is 4.90 Å². The molecule has 132 valence electrons. The highest BCUT2D eigenvalue weighted by Gasteiger charge is 2.18. The van der Waals surface area contributed by atoms with Crippen LogP contribution in [0.4, 0.5) is 0 Å². The Kier molecular flexibility index (Phi) is 6.78. The number of hydrogen-bond donors (Lipinski definition) is 1. The van der Waals surface area contributed by atoms with Crippen molar-refractivity contribution in [3.8, 4) is 5.75 Å². The summed E-state index contributed by atoms with van der Waals surface area (Å²) in [6.45, 7) is 2.19. The summed E-state index contributed by atoms with van der Waals surface area (Å²) in [5.74, 6) is 0.665. The van der Waals surface area contributed by atoms with Crippen LogP contribution < -0.4 is 4.74 Å². The van der Waals surface area contributed by atoms with Crippen molar-refractivity contribution in [3.05, 3.63) is 71.3 Å². The first-order chi connectivity index (χ1) is 12.0. The van der Waals surface area contributed by atoms with Gasteiger partial charge in [0.25, 0.3) is 0 Å². The van der Waals surface area contributed by atoms with Gasteiger partial charge in [-0.2, -0.15) is 0 Å². The lowest BCUT2D eigenvalue weighted by molar-refractivity contribution is -0.127. The van der Waals surface area contributed by atoms with Gasteiger partial charge < -0.3 is 14.7 Å². The molecule has 0 fully saturated rings. The molecule has 1 N–H and O–H groups in total. The second kappa shape index (κ2) is 9.04. The molecular weight excluding hydrogens is 314 g/mol. The van der Waals surface area contributed by atoms with Gasteiger partial charge in [0.15, 0.2) is 0 Å². The first-order valence-electron chi connectivity index (χ1n) is 8.38. The fraction of sp³-hybridized carbons (Fsp3) is 0.286. The molecule has 4 nitrogen and oxygen atoms in total. The number of aliphatic hydroxyl groups is 1. The van der Waals surface area contributed by atoms with Crippen LogP contribution in [0.5, 0.6) is 5.75 Å². The minimum atomic E-state index is -0.741. The lowest BCUT2D eigenvalue weighted by Gasteiger charge is -2.22. The fourth-order valence-corrected chi connectivity index (χ4v) is 2.58. The molecule has 2 aromatic rings. The summed E-state index contributed by atoms with van der Waals surface area (Å²) in [6, 6.07) is 17.0. The maximum Gasteiger partial charge on any atom is 0.249 e. The molecule has 25 heavy (non-hydrogen) atoms. The summed E-state index contributed by atoms with van der Waals surface area (Å²) in [5.41, 5.74) is 2.47. The number of carbonyl (C=O) groups is 1. The van der Waals surface area contributed by atoms with E-state index in [2.05, 4.69) is 0 Å². The zero-order valence-corrected chi connectivity index (χ0v) is 15.0. The Balaban J connectivity index is 2.05. The minimum Gasteiger partial charge on any atom is -0.497 e. The molecule has 0 aliphatic heterocycles. The lowest BCUT2D eigenvalue weighted by Crippen LogP contribution is -2.32. The molecule has 0 radical (unpaired) electrons. The predicted octanol–water partition coefficient (Wildman–Crippen LogP) is 3.68. The first kappa shape index (κ1) is 18.7. The van der Waals surface area contributed by atoms with Crippen molar-refractivity contribution < 1.29 is 14.6 Å². The Morgan fingerprint density at radius 1 is 1.16 bits per heavy atom. The highest BCUT2D eigenvalue weighted by molar-refractivity contribution is 5.97. The number of benzene rings is 2. The molecule has 0 heterocycles. The summed E-state index contributed by atoms with van der Waals surface area (Å²) in [4.78, 5) is 14.2. The number of carbonyl (C=O) groups excluding carboxylic acids is 1. The predicted molar refractivity (Wildman–Crippen MR) is 100 cm³/mol. The fourth-order valence-electron chi connectivity index (χ4n) is 2.58. The minimum absolute atomic E-state index is 0.0704. The highest BCUT2D eigenvalue weighted by Crippen LogP contribution is 2.19. The summed E-state index contributed by atoms with van der Waals surface area (Å²) >= 11 is 0. The van der Waals surface area contributed by atoms with Gasteiger partial charge in [-0.05, 0) is 35.8 Å².